The van der Waals surface area contributed by atoms with Crippen LogP contribution in [-0.2, 0) is 4.79 Å². The van der Waals surface area contributed by atoms with Crippen molar-refractivity contribution in [3.8, 4) is 0 Å². The smallest absolute Gasteiger partial charge is 0.305 e. The van der Waals surface area contributed by atoms with Gasteiger partial charge in [0.2, 0.25) is 5.95 Å². The normalized spacial score (nSPS) is 18.0. The van der Waals surface area contributed by atoms with Crippen LogP contribution in [0.2, 0.25) is 0 Å². The van der Waals surface area contributed by atoms with E-state index < -0.39 is 11.5 Å². The predicted octanol–water partition coefficient (Wildman–Crippen LogP) is 2.08. The van der Waals surface area contributed by atoms with E-state index in [0.717, 1.165) is 43.5 Å². The summed E-state index contributed by atoms with van der Waals surface area (Å²) in [4.78, 5) is 15.4. The quantitative estimate of drug-likeness (QED) is 0.865. The SMILES string of the molecule is Cc1nnc(NC2(CC(=O)O)CCCCC2)nc1C. The number of aliphatic carboxylic acids is 1. The van der Waals surface area contributed by atoms with Crippen molar-refractivity contribution in [1.82, 2.24) is 15.2 Å². The maximum Gasteiger partial charge on any atom is 0.305 e. The highest BCUT2D eigenvalue weighted by Gasteiger charge is 2.35. The lowest BCUT2D eigenvalue weighted by Crippen LogP contribution is -2.43. The lowest BCUT2D eigenvalue weighted by atomic mass is 9.79. The number of aromatic nitrogens is 3. The maximum absolute atomic E-state index is 11.1. The Morgan fingerprint density at radius 1 is 1.21 bits per heavy atom. The summed E-state index contributed by atoms with van der Waals surface area (Å²) in [5, 5.41) is 20.4. The van der Waals surface area contributed by atoms with Crippen LogP contribution in [0.25, 0.3) is 0 Å². The molecule has 6 nitrogen and oxygen atoms in total. The first-order valence-corrected chi connectivity index (χ1v) is 6.69. The van der Waals surface area contributed by atoms with Crippen LogP contribution in [-0.4, -0.2) is 31.8 Å². The number of hydrogen-bond donors (Lipinski definition) is 2. The lowest BCUT2D eigenvalue weighted by molar-refractivity contribution is -0.138. The van der Waals surface area contributed by atoms with Crippen molar-refractivity contribution in [3.63, 3.8) is 0 Å². The fourth-order valence-electron chi connectivity index (χ4n) is 2.61. The molecule has 6 heteroatoms. The Labute approximate surface area is 112 Å². The molecule has 1 aliphatic carbocycles. The molecule has 0 aromatic carbocycles. The van der Waals surface area contributed by atoms with E-state index in [0.29, 0.717) is 5.95 Å². The molecule has 0 radical (unpaired) electrons. The molecule has 0 atom stereocenters. The standard InChI is InChI=1S/C13H20N4O2/c1-9-10(2)16-17-12(14-9)15-13(8-11(18)19)6-4-3-5-7-13/h3-8H2,1-2H3,(H,18,19)(H,14,15,17). The molecular weight excluding hydrogens is 244 g/mol. The zero-order valence-corrected chi connectivity index (χ0v) is 11.4. The highest BCUT2D eigenvalue weighted by Crippen LogP contribution is 2.33. The maximum atomic E-state index is 11.1. The van der Waals surface area contributed by atoms with Crippen molar-refractivity contribution < 1.29 is 9.90 Å². The Morgan fingerprint density at radius 3 is 2.47 bits per heavy atom. The summed E-state index contributed by atoms with van der Waals surface area (Å²) in [6, 6.07) is 0. The van der Waals surface area contributed by atoms with Crippen LogP contribution in [0.5, 0.6) is 0 Å². The highest BCUT2D eigenvalue weighted by atomic mass is 16.4. The van der Waals surface area contributed by atoms with E-state index in [9.17, 15) is 4.79 Å². The van der Waals surface area contributed by atoms with Gasteiger partial charge >= 0.3 is 5.97 Å². The number of anilines is 1. The van der Waals surface area contributed by atoms with Crippen LogP contribution >= 0.6 is 0 Å². The number of nitrogens with zero attached hydrogens (tertiary/aromatic N) is 3. The number of carbonyl (C=O) groups is 1. The molecule has 2 N–H and O–H groups in total. The molecule has 19 heavy (non-hydrogen) atoms. The van der Waals surface area contributed by atoms with Gasteiger partial charge in [0.25, 0.3) is 0 Å². The summed E-state index contributed by atoms with van der Waals surface area (Å²) in [6.45, 7) is 3.73. The number of carboxylic acids is 1. The molecule has 0 spiro atoms. The van der Waals surface area contributed by atoms with E-state index in [1.165, 1.54) is 0 Å². The Morgan fingerprint density at radius 2 is 1.89 bits per heavy atom. The van der Waals surface area contributed by atoms with Crippen molar-refractivity contribution in [2.24, 2.45) is 0 Å². The second-order valence-corrected chi connectivity index (χ2v) is 5.34. The minimum atomic E-state index is -0.786. The molecule has 1 saturated carbocycles. The summed E-state index contributed by atoms with van der Waals surface area (Å²) in [7, 11) is 0. The van der Waals surface area contributed by atoms with Gasteiger partial charge in [-0.2, -0.15) is 5.10 Å². The van der Waals surface area contributed by atoms with Gasteiger partial charge in [-0.3, -0.25) is 4.79 Å². The first-order chi connectivity index (χ1) is 9.01. The van der Waals surface area contributed by atoms with Crippen molar-refractivity contribution >= 4 is 11.9 Å². The van der Waals surface area contributed by atoms with Gasteiger partial charge < -0.3 is 10.4 Å². The summed E-state index contributed by atoms with van der Waals surface area (Å²) >= 11 is 0. The first-order valence-electron chi connectivity index (χ1n) is 6.69. The molecule has 0 unspecified atom stereocenters. The largest absolute Gasteiger partial charge is 0.481 e. The third kappa shape index (κ3) is 3.39. The average molecular weight is 264 g/mol. The molecule has 1 fully saturated rings. The molecule has 0 aliphatic heterocycles. The van der Waals surface area contributed by atoms with Crippen molar-refractivity contribution in [2.75, 3.05) is 5.32 Å². The third-order valence-corrected chi connectivity index (χ3v) is 3.77. The zero-order valence-electron chi connectivity index (χ0n) is 11.4. The fourth-order valence-corrected chi connectivity index (χ4v) is 2.61. The predicted molar refractivity (Wildman–Crippen MR) is 71.0 cm³/mol. The van der Waals surface area contributed by atoms with Gasteiger partial charge in [-0.15, -0.1) is 5.10 Å². The third-order valence-electron chi connectivity index (χ3n) is 3.77. The fraction of sp³-hybridized carbons (Fsp3) is 0.692. The molecule has 1 aromatic heterocycles. The van der Waals surface area contributed by atoms with Crippen LogP contribution in [0.3, 0.4) is 0 Å². The van der Waals surface area contributed by atoms with E-state index in [1.54, 1.807) is 0 Å². The minimum Gasteiger partial charge on any atom is -0.481 e. The molecule has 0 saturated heterocycles. The average Bonchev–Trinajstić information content (AvgIpc) is 2.34. The van der Waals surface area contributed by atoms with Gasteiger partial charge in [0, 0.05) is 0 Å². The molecule has 104 valence electrons. The number of rotatable bonds is 4. The van der Waals surface area contributed by atoms with Crippen LogP contribution in [0.1, 0.15) is 49.9 Å². The second-order valence-electron chi connectivity index (χ2n) is 5.34. The number of nitrogens with one attached hydrogen (secondary N) is 1. The molecule has 0 bridgehead atoms. The van der Waals surface area contributed by atoms with Gasteiger partial charge in [0.1, 0.15) is 0 Å². The minimum absolute atomic E-state index is 0.100. The summed E-state index contributed by atoms with van der Waals surface area (Å²) in [5.74, 6) is -0.350. The molecule has 1 aromatic rings. The van der Waals surface area contributed by atoms with Crippen LogP contribution in [0, 0.1) is 13.8 Å². The van der Waals surface area contributed by atoms with Crippen molar-refractivity contribution in [2.45, 2.75) is 57.9 Å². The van der Waals surface area contributed by atoms with Crippen molar-refractivity contribution in [1.29, 1.82) is 0 Å². The van der Waals surface area contributed by atoms with E-state index in [4.69, 9.17) is 5.11 Å². The second kappa shape index (κ2) is 5.50. The zero-order chi connectivity index (χ0) is 13.9. The van der Waals surface area contributed by atoms with E-state index in [1.807, 2.05) is 13.8 Å². The lowest BCUT2D eigenvalue weighted by Gasteiger charge is -2.36. The molecule has 0 amide bonds. The number of carboxylic acid groups (broad SMARTS) is 1. The van der Waals surface area contributed by atoms with Gasteiger partial charge in [-0.25, -0.2) is 4.98 Å². The van der Waals surface area contributed by atoms with E-state index in [2.05, 4.69) is 20.5 Å². The van der Waals surface area contributed by atoms with Gasteiger partial charge in [0.05, 0.1) is 23.3 Å². The van der Waals surface area contributed by atoms with Crippen LogP contribution in [0.15, 0.2) is 0 Å². The Balaban J connectivity index is 2.19. The monoisotopic (exact) mass is 264 g/mol. The Hall–Kier alpha value is -1.72. The van der Waals surface area contributed by atoms with E-state index >= 15 is 0 Å². The topological polar surface area (TPSA) is 88.0 Å². The summed E-state index contributed by atoms with van der Waals surface area (Å²) in [6.07, 6.45) is 5.03. The highest BCUT2D eigenvalue weighted by molar-refractivity contribution is 5.69. The summed E-state index contributed by atoms with van der Waals surface area (Å²) in [5.41, 5.74) is 1.19. The Bertz CT molecular complexity index is 470. The van der Waals surface area contributed by atoms with Crippen molar-refractivity contribution in [3.05, 3.63) is 11.4 Å². The summed E-state index contributed by atoms with van der Waals surface area (Å²) < 4.78 is 0. The molecule has 1 heterocycles. The van der Waals surface area contributed by atoms with Gasteiger partial charge in [-0.1, -0.05) is 19.3 Å². The molecular formula is C13H20N4O2. The number of hydrogen-bond acceptors (Lipinski definition) is 5. The molecule has 1 aliphatic rings. The van der Waals surface area contributed by atoms with Crippen LogP contribution < -0.4 is 5.32 Å². The van der Waals surface area contributed by atoms with Crippen LogP contribution in [0.4, 0.5) is 5.95 Å². The first kappa shape index (κ1) is 13.7. The van der Waals surface area contributed by atoms with Gasteiger partial charge in [0.15, 0.2) is 0 Å². The number of aryl methyl sites for hydroxylation is 2. The molecule has 2 rings (SSSR count). The van der Waals surface area contributed by atoms with Gasteiger partial charge in [-0.05, 0) is 26.7 Å². The Kier molecular flexibility index (Phi) is 3.97. The van der Waals surface area contributed by atoms with E-state index in [-0.39, 0.29) is 6.42 Å².